The quantitative estimate of drug-likeness (QED) is 0.267. The number of rotatable bonds is 8. The molecule has 1 fully saturated rings. The van der Waals surface area contributed by atoms with Crippen molar-refractivity contribution in [2.75, 3.05) is 25.6 Å². The standard InChI is InChI=1S/C22H18N6O4S3/c29-19(12-34-21-24-25-26-28(21)15-4-2-1-3-5-15)23-8-9-27-20(30)18(35-22(27)33)11-14-6-7-16-17(10-14)32-13-31-16/h1-7,10-11H,8-9,12-13H2,(H,23,29)/b18-11-. The van der Waals surface area contributed by atoms with Crippen LogP contribution in [0, 0.1) is 0 Å². The number of thiocarbonyl (C=S) groups is 1. The van der Waals surface area contributed by atoms with E-state index in [2.05, 4.69) is 20.8 Å². The van der Waals surface area contributed by atoms with E-state index in [1.54, 1.807) is 16.8 Å². The molecular weight excluding hydrogens is 508 g/mol. The first-order chi connectivity index (χ1) is 17.1. The van der Waals surface area contributed by atoms with Crippen molar-refractivity contribution >= 4 is 58.0 Å². The van der Waals surface area contributed by atoms with Crippen molar-refractivity contribution in [1.29, 1.82) is 0 Å². The molecule has 0 saturated carbocycles. The molecule has 0 aliphatic carbocycles. The fourth-order valence-corrected chi connectivity index (χ4v) is 5.36. The summed E-state index contributed by atoms with van der Waals surface area (Å²) in [7, 11) is 0. The molecule has 2 amide bonds. The number of fused-ring (bicyclic) bond motifs is 1. The first-order valence-electron chi connectivity index (χ1n) is 10.5. The van der Waals surface area contributed by atoms with Gasteiger partial charge < -0.3 is 14.8 Å². The van der Waals surface area contributed by atoms with Gasteiger partial charge in [-0.2, -0.15) is 4.68 Å². The van der Waals surface area contributed by atoms with Crippen LogP contribution in [-0.4, -0.2) is 66.9 Å². The van der Waals surface area contributed by atoms with Crippen LogP contribution in [0.25, 0.3) is 11.8 Å². The number of ether oxygens (including phenoxy) is 2. The van der Waals surface area contributed by atoms with Crippen molar-refractivity contribution in [3.8, 4) is 17.2 Å². The number of nitrogens with one attached hydrogen (secondary N) is 1. The third-order valence-corrected chi connectivity index (χ3v) is 7.30. The number of carbonyl (C=O) groups excluding carboxylic acids is 2. The second-order valence-electron chi connectivity index (χ2n) is 7.29. The molecular formula is C22H18N6O4S3. The van der Waals surface area contributed by atoms with Crippen molar-refractivity contribution < 1.29 is 19.1 Å². The molecule has 2 aliphatic heterocycles. The van der Waals surface area contributed by atoms with Crippen LogP contribution in [0.2, 0.25) is 0 Å². The minimum atomic E-state index is -0.195. The number of hydrogen-bond donors (Lipinski definition) is 1. The van der Waals surface area contributed by atoms with Gasteiger partial charge in [-0.1, -0.05) is 60.0 Å². The third-order valence-electron chi connectivity index (χ3n) is 5.00. The molecule has 1 N–H and O–H groups in total. The molecule has 0 spiro atoms. The number of hydrogen-bond acceptors (Lipinski definition) is 10. The molecule has 13 heteroatoms. The average molecular weight is 527 g/mol. The van der Waals surface area contributed by atoms with Gasteiger partial charge in [0.1, 0.15) is 4.32 Å². The van der Waals surface area contributed by atoms with Crippen LogP contribution in [0.1, 0.15) is 5.56 Å². The predicted octanol–water partition coefficient (Wildman–Crippen LogP) is 2.50. The van der Waals surface area contributed by atoms with E-state index >= 15 is 0 Å². The highest BCUT2D eigenvalue weighted by molar-refractivity contribution is 8.26. The highest BCUT2D eigenvalue weighted by Crippen LogP contribution is 2.36. The maximum atomic E-state index is 12.8. The summed E-state index contributed by atoms with van der Waals surface area (Å²) >= 11 is 7.83. The van der Waals surface area contributed by atoms with Crippen molar-refractivity contribution in [3.63, 3.8) is 0 Å². The van der Waals surface area contributed by atoms with E-state index in [-0.39, 0.29) is 37.4 Å². The molecule has 0 atom stereocenters. The molecule has 10 nitrogen and oxygen atoms in total. The monoisotopic (exact) mass is 526 g/mol. The number of thioether (sulfide) groups is 2. The maximum Gasteiger partial charge on any atom is 0.266 e. The molecule has 1 aromatic heterocycles. The first-order valence-corrected chi connectivity index (χ1v) is 12.7. The van der Waals surface area contributed by atoms with Gasteiger partial charge in [0.05, 0.1) is 16.3 Å². The van der Waals surface area contributed by atoms with Crippen LogP contribution in [0.5, 0.6) is 11.5 Å². The smallest absolute Gasteiger partial charge is 0.266 e. The van der Waals surface area contributed by atoms with Crippen molar-refractivity contribution in [1.82, 2.24) is 30.4 Å². The number of tetrazole rings is 1. The molecule has 0 unspecified atom stereocenters. The molecule has 3 heterocycles. The molecule has 2 aromatic carbocycles. The Hall–Kier alpha value is -3.42. The predicted molar refractivity (Wildman–Crippen MR) is 135 cm³/mol. The SMILES string of the molecule is O=C(CSc1nnnn1-c1ccccc1)NCCN1C(=O)/C(=C/c2ccc3c(c2)OCO3)SC1=S. The minimum absolute atomic E-state index is 0.135. The second-order valence-corrected chi connectivity index (χ2v) is 9.91. The van der Waals surface area contributed by atoms with Crippen LogP contribution in [0.15, 0.2) is 58.6 Å². The van der Waals surface area contributed by atoms with E-state index in [1.807, 2.05) is 42.5 Å². The normalized spacial score (nSPS) is 15.8. The van der Waals surface area contributed by atoms with E-state index in [0.29, 0.717) is 25.9 Å². The Bertz CT molecular complexity index is 1310. The fraction of sp³-hybridized carbons (Fsp3) is 0.182. The lowest BCUT2D eigenvalue weighted by Crippen LogP contribution is -2.37. The van der Waals surface area contributed by atoms with Gasteiger partial charge >= 0.3 is 0 Å². The average Bonchev–Trinajstić information content (AvgIpc) is 3.59. The summed E-state index contributed by atoms with van der Waals surface area (Å²) in [6.45, 7) is 0.739. The van der Waals surface area contributed by atoms with Crippen LogP contribution in [0.3, 0.4) is 0 Å². The Labute approximate surface area is 214 Å². The zero-order chi connectivity index (χ0) is 24.2. The summed E-state index contributed by atoms with van der Waals surface area (Å²) in [6.07, 6.45) is 1.77. The number of carbonyl (C=O) groups is 2. The molecule has 3 aromatic rings. The highest BCUT2D eigenvalue weighted by atomic mass is 32.2. The number of aromatic nitrogens is 4. The minimum Gasteiger partial charge on any atom is -0.454 e. The lowest BCUT2D eigenvalue weighted by Gasteiger charge is -2.14. The van der Waals surface area contributed by atoms with E-state index < -0.39 is 0 Å². The number of amides is 2. The fourth-order valence-electron chi connectivity index (χ4n) is 3.34. The molecule has 0 radical (unpaired) electrons. The number of benzene rings is 2. The topological polar surface area (TPSA) is 111 Å². The third kappa shape index (κ3) is 5.31. The van der Waals surface area contributed by atoms with Crippen molar-refractivity contribution in [3.05, 3.63) is 59.0 Å². The van der Waals surface area contributed by atoms with E-state index in [1.165, 1.54) is 28.4 Å². The Balaban J connectivity index is 1.12. The molecule has 2 aliphatic rings. The molecule has 0 bridgehead atoms. The molecule has 178 valence electrons. The van der Waals surface area contributed by atoms with Gasteiger partial charge in [0.2, 0.25) is 17.9 Å². The molecule has 5 rings (SSSR count). The van der Waals surface area contributed by atoms with Crippen LogP contribution in [-0.2, 0) is 9.59 Å². The lowest BCUT2D eigenvalue weighted by atomic mass is 10.2. The van der Waals surface area contributed by atoms with Crippen molar-refractivity contribution in [2.45, 2.75) is 5.16 Å². The zero-order valence-electron chi connectivity index (χ0n) is 18.1. The van der Waals surface area contributed by atoms with Crippen LogP contribution < -0.4 is 14.8 Å². The Morgan fingerprint density at radius 2 is 2.03 bits per heavy atom. The van der Waals surface area contributed by atoms with E-state index in [9.17, 15) is 9.59 Å². The summed E-state index contributed by atoms with van der Waals surface area (Å²) in [5, 5.41) is 15.0. The summed E-state index contributed by atoms with van der Waals surface area (Å²) in [4.78, 5) is 27.2. The van der Waals surface area contributed by atoms with Gasteiger partial charge in [0.25, 0.3) is 5.91 Å². The highest BCUT2D eigenvalue weighted by Gasteiger charge is 2.31. The Morgan fingerprint density at radius 1 is 1.20 bits per heavy atom. The lowest BCUT2D eigenvalue weighted by molar-refractivity contribution is -0.123. The van der Waals surface area contributed by atoms with E-state index in [4.69, 9.17) is 21.7 Å². The summed E-state index contributed by atoms with van der Waals surface area (Å²) in [5.74, 6) is 1.07. The Kier molecular flexibility index (Phi) is 6.97. The summed E-state index contributed by atoms with van der Waals surface area (Å²) in [6, 6.07) is 14.9. The molecule has 35 heavy (non-hydrogen) atoms. The van der Waals surface area contributed by atoms with Gasteiger partial charge in [-0.15, -0.1) is 5.10 Å². The zero-order valence-corrected chi connectivity index (χ0v) is 20.6. The summed E-state index contributed by atoms with van der Waals surface area (Å²) < 4.78 is 12.7. The van der Waals surface area contributed by atoms with Crippen molar-refractivity contribution in [2.24, 2.45) is 0 Å². The number of nitrogens with zero attached hydrogens (tertiary/aromatic N) is 5. The van der Waals surface area contributed by atoms with Gasteiger partial charge in [-0.3, -0.25) is 14.5 Å². The van der Waals surface area contributed by atoms with Gasteiger partial charge in [0, 0.05) is 13.1 Å². The number of para-hydroxylation sites is 1. The van der Waals surface area contributed by atoms with Crippen LogP contribution >= 0.6 is 35.7 Å². The van der Waals surface area contributed by atoms with Gasteiger partial charge in [-0.05, 0) is 46.3 Å². The first kappa shape index (κ1) is 23.3. The van der Waals surface area contributed by atoms with Crippen LogP contribution in [0.4, 0.5) is 0 Å². The van der Waals surface area contributed by atoms with Gasteiger partial charge in [-0.25, -0.2) is 0 Å². The summed E-state index contributed by atoms with van der Waals surface area (Å²) in [5.41, 5.74) is 1.63. The second kappa shape index (κ2) is 10.5. The maximum absolute atomic E-state index is 12.8. The van der Waals surface area contributed by atoms with Gasteiger partial charge in [0.15, 0.2) is 11.5 Å². The molecule has 1 saturated heterocycles. The van der Waals surface area contributed by atoms with E-state index in [0.717, 1.165) is 11.3 Å². The Morgan fingerprint density at radius 3 is 2.89 bits per heavy atom. The largest absolute Gasteiger partial charge is 0.454 e.